The molecule has 0 radical (unpaired) electrons. The summed E-state index contributed by atoms with van der Waals surface area (Å²) in [7, 11) is -1.48. The second-order valence-electron chi connectivity index (χ2n) is 6.96. The highest BCUT2D eigenvalue weighted by atomic mass is 31.1. The van der Waals surface area contributed by atoms with Crippen molar-refractivity contribution in [3.8, 4) is 0 Å². The van der Waals surface area contributed by atoms with Gasteiger partial charge >= 0.3 is 0 Å². The van der Waals surface area contributed by atoms with Crippen molar-refractivity contribution in [1.82, 2.24) is 0 Å². The first-order valence-electron chi connectivity index (χ1n) is 10.2. The molecule has 182 valence electrons. The summed E-state index contributed by atoms with van der Waals surface area (Å²) in [5.74, 6) is 0. The molecule has 0 aliphatic carbocycles. The van der Waals surface area contributed by atoms with Crippen molar-refractivity contribution in [2.24, 2.45) is 0 Å². The number of hydrogen-bond acceptors (Lipinski definition) is 10. The summed E-state index contributed by atoms with van der Waals surface area (Å²) in [6.45, 7) is 3.88. The molecule has 0 aromatic heterocycles. The average Bonchev–Trinajstić information content (AvgIpc) is 2.72. The summed E-state index contributed by atoms with van der Waals surface area (Å²) in [5, 5.41) is 18.4. The van der Waals surface area contributed by atoms with E-state index in [9.17, 15) is 14.2 Å². The Labute approximate surface area is 181 Å². The van der Waals surface area contributed by atoms with Gasteiger partial charge in [-0.2, -0.15) is 0 Å². The van der Waals surface area contributed by atoms with E-state index >= 15 is 0 Å². The van der Waals surface area contributed by atoms with Gasteiger partial charge in [-0.15, -0.1) is 0 Å². The van der Waals surface area contributed by atoms with Crippen LogP contribution in [0.25, 0.3) is 0 Å². The zero-order chi connectivity index (χ0) is 22.8. The Morgan fingerprint density at radius 1 is 0.733 bits per heavy atom. The van der Waals surface area contributed by atoms with E-state index in [2.05, 4.69) is 4.74 Å². The summed E-state index contributed by atoms with van der Waals surface area (Å²) < 4.78 is 54.6. The standard InChI is InChI=1S/C18H40O10P2/c1-15(19)11-25-16(2)12-27-29(21)9-7-5-6-8-10-30(22)28-14-18(24-4)26-13-17(20)23-3/h15-20,29-30H,5-14H2,1-4H3. The Morgan fingerprint density at radius 2 is 1.30 bits per heavy atom. The van der Waals surface area contributed by atoms with Gasteiger partial charge in [-0.05, 0) is 26.7 Å². The van der Waals surface area contributed by atoms with E-state index < -0.39 is 34.7 Å². The van der Waals surface area contributed by atoms with Crippen LogP contribution in [0, 0.1) is 0 Å². The second-order valence-corrected chi connectivity index (χ2v) is 10.0. The number of methoxy groups -OCH3 is 2. The first-order valence-corrected chi connectivity index (χ1v) is 13.3. The Morgan fingerprint density at radius 3 is 1.80 bits per heavy atom. The molecular weight excluding hydrogens is 438 g/mol. The highest BCUT2D eigenvalue weighted by molar-refractivity contribution is 7.39. The van der Waals surface area contributed by atoms with Crippen LogP contribution in [0.5, 0.6) is 0 Å². The van der Waals surface area contributed by atoms with Crippen molar-refractivity contribution >= 4 is 16.1 Å². The van der Waals surface area contributed by atoms with Crippen LogP contribution in [0.1, 0.15) is 39.5 Å². The van der Waals surface area contributed by atoms with Crippen molar-refractivity contribution in [1.29, 1.82) is 0 Å². The van der Waals surface area contributed by atoms with Crippen molar-refractivity contribution in [3.05, 3.63) is 0 Å². The van der Waals surface area contributed by atoms with Crippen LogP contribution < -0.4 is 0 Å². The first-order chi connectivity index (χ1) is 14.3. The van der Waals surface area contributed by atoms with Crippen molar-refractivity contribution in [2.75, 3.05) is 53.0 Å². The van der Waals surface area contributed by atoms with Crippen LogP contribution >= 0.6 is 16.1 Å². The van der Waals surface area contributed by atoms with E-state index in [4.69, 9.17) is 28.4 Å². The number of unbranched alkanes of at least 4 members (excludes halogenated alkanes) is 3. The summed E-state index contributed by atoms with van der Waals surface area (Å²) in [5.41, 5.74) is 0. The average molecular weight is 478 g/mol. The highest BCUT2D eigenvalue weighted by Gasteiger charge is 2.13. The van der Waals surface area contributed by atoms with E-state index in [-0.39, 0.29) is 32.5 Å². The predicted molar refractivity (Wildman–Crippen MR) is 115 cm³/mol. The van der Waals surface area contributed by atoms with Crippen LogP contribution in [0.15, 0.2) is 0 Å². The van der Waals surface area contributed by atoms with Gasteiger partial charge in [0.1, 0.15) is 13.2 Å². The van der Waals surface area contributed by atoms with Crippen LogP contribution in [0.3, 0.4) is 0 Å². The molecule has 10 nitrogen and oxygen atoms in total. The molecule has 0 saturated heterocycles. The summed E-state index contributed by atoms with van der Waals surface area (Å²) in [4.78, 5) is 0. The quantitative estimate of drug-likeness (QED) is 0.144. The topological polar surface area (TPSA) is 130 Å². The van der Waals surface area contributed by atoms with Gasteiger partial charge in [-0.1, -0.05) is 12.8 Å². The zero-order valence-electron chi connectivity index (χ0n) is 18.5. The minimum Gasteiger partial charge on any atom is -0.391 e. The van der Waals surface area contributed by atoms with E-state index in [0.717, 1.165) is 25.7 Å². The molecule has 30 heavy (non-hydrogen) atoms. The molecule has 0 aliphatic heterocycles. The normalized spacial score (nSPS) is 17.9. The third kappa shape index (κ3) is 18.9. The van der Waals surface area contributed by atoms with Crippen molar-refractivity contribution in [2.45, 2.75) is 64.3 Å². The lowest BCUT2D eigenvalue weighted by atomic mass is 10.2. The van der Waals surface area contributed by atoms with Crippen LogP contribution in [0.4, 0.5) is 0 Å². The Kier molecular flexibility index (Phi) is 19.9. The number of rotatable bonds is 21. The second kappa shape index (κ2) is 19.8. The fourth-order valence-electron chi connectivity index (χ4n) is 2.20. The SMILES string of the molecule is COC(O)COC(CO[PH](=O)CCCCCC[PH](=O)OCC(C)OCC(C)O)OC. The molecule has 0 amide bonds. The monoisotopic (exact) mass is 478 g/mol. The molecule has 2 N–H and O–H groups in total. The smallest absolute Gasteiger partial charge is 0.191 e. The summed E-state index contributed by atoms with van der Waals surface area (Å²) in [6, 6.07) is 0. The maximum absolute atomic E-state index is 11.9. The fourth-order valence-corrected chi connectivity index (χ4v) is 4.31. The molecule has 0 aliphatic rings. The number of aliphatic hydroxyl groups excluding tert-OH is 2. The Hall–Kier alpha value is 0.140. The molecule has 0 spiro atoms. The maximum Gasteiger partial charge on any atom is 0.191 e. The molecule has 0 fully saturated rings. The van der Waals surface area contributed by atoms with Crippen molar-refractivity contribution in [3.63, 3.8) is 0 Å². The number of hydrogen-bond donors (Lipinski definition) is 2. The van der Waals surface area contributed by atoms with Crippen LogP contribution in [-0.2, 0) is 37.1 Å². The van der Waals surface area contributed by atoms with Gasteiger partial charge in [0.25, 0.3) is 0 Å². The van der Waals surface area contributed by atoms with Gasteiger partial charge in [0.15, 0.2) is 28.6 Å². The molecule has 0 heterocycles. The first kappa shape index (κ1) is 30.1. The van der Waals surface area contributed by atoms with Gasteiger partial charge in [0.2, 0.25) is 0 Å². The predicted octanol–water partition coefficient (Wildman–Crippen LogP) is 2.27. The van der Waals surface area contributed by atoms with Gasteiger partial charge in [0.05, 0.1) is 25.4 Å². The molecule has 0 saturated carbocycles. The van der Waals surface area contributed by atoms with Crippen molar-refractivity contribution < 1.29 is 47.3 Å². The Bertz CT molecular complexity index is 453. The third-order valence-corrected chi connectivity index (χ3v) is 6.45. The van der Waals surface area contributed by atoms with Crippen LogP contribution in [-0.4, -0.2) is 88.0 Å². The lowest BCUT2D eigenvalue weighted by molar-refractivity contribution is -0.194. The summed E-state index contributed by atoms with van der Waals surface area (Å²) >= 11 is 0. The molecule has 6 unspecified atom stereocenters. The Balaban J connectivity index is 3.66. The van der Waals surface area contributed by atoms with E-state index in [1.165, 1.54) is 14.2 Å². The molecule has 0 aromatic rings. The van der Waals surface area contributed by atoms with E-state index in [1.807, 2.05) is 6.92 Å². The van der Waals surface area contributed by atoms with Crippen LogP contribution in [0.2, 0.25) is 0 Å². The molecular formula is C18H40O10P2. The van der Waals surface area contributed by atoms with Gasteiger partial charge in [0, 0.05) is 26.5 Å². The molecule has 0 rings (SSSR count). The minimum absolute atomic E-state index is 0.0173. The number of ether oxygens (including phenoxy) is 4. The molecule has 0 aromatic carbocycles. The van der Waals surface area contributed by atoms with Gasteiger partial charge in [-0.25, -0.2) is 0 Å². The minimum atomic E-state index is -2.19. The fraction of sp³-hybridized carbons (Fsp3) is 1.00. The third-order valence-electron chi connectivity index (χ3n) is 3.95. The lowest BCUT2D eigenvalue weighted by Gasteiger charge is -2.18. The van der Waals surface area contributed by atoms with E-state index in [1.54, 1.807) is 6.92 Å². The molecule has 0 bridgehead atoms. The maximum atomic E-state index is 11.9. The van der Waals surface area contributed by atoms with Gasteiger partial charge < -0.3 is 38.2 Å². The largest absolute Gasteiger partial charge is 0.391 e. The highest BCUT2D eigenvalue weighted by Crippen LogP contribution is 2.27. The van der Waals surface area contributed by atoms with Gasteiger partial charge in [-0.3, -0.25) is 9.13 Å². The molecule has 6 atom stereocenters. The zero-order valence-corrected chi connectivity index (χ0v) is 20.5. The molecule has 12 heteroatoms. The summed E-state index contributed by atoms with van der Waals surface area (Å²) in [6.07, 6.45) is 1.75. The number of aliphatic hydroxyl groups is 2. The lowest BCUT2D eigenvalue weighted by Crippen LogP contribution is -2.27. The van der Waals surface area contributed by atoms with E-state index in [0.29, 0.717) is 12.3 Å².